The minimum Gasteiger partial charge on any atom is -0.310 e. The minimum atomic E-state index is -0.147. The summed E-state index contributed by atoms with van der Waals surface area (Å²) in [4.78, 5) is 2.56. The molecule has 9 aromatic rings. The van der Waals surface area contributed by atoms with Crippen molar-refractivity contribution in [3.05, 3.63) is 210 Å². The second-order valence-corrected chi connectivity index (χ2v) is 17.9. The maximum atomic E-state index is 2.57. The van der Waals surface area contributed by atoms with Gasteiger partial charge in [-0.15, -0.1) is 0 Å². The topological polar surface area (TPSA) is 3.24 Å². The molecule has 0 aliphatic heterocycles. The Hall–Kier alpha value is -6.70. The van der Waals surface area contributed by atoms with Crippen molar-refractivity contribution in [2.24, 2.45) is 0 Å². The van der Waals surface area contributed by atoms with Gasteiger partial charge in [0.25, 0.3) is 0 Å². The highest BCUT2D eigenvalue weighted by atomic mass is 15.1. The molecule has 3 aliphatic carbocycles. The fourth-order valence-corrected chi connectivity index (χ4v) is 11.8. The largest absolute Gasteiger partial charge is 0.310 e. The summed E-state index contributed by atoms with van der Waals surface area (Å²) in [7, 11) is 0. The van der Waals surface area contributed by atoms with Crippen LogP contribution in [0.25, 0.3) is 66.1 Å². The van der Waals surface area contributed by atoms with Gasteiger partial charge in [-0.25, -0.2) is 0 Å². The van der Waals surface area contributed by atoms with Crippen molar-refractivity contribution < 1.29 is 0 Å². The van der Waals surface area contributed by atoms with Gasteiger partial charge in [-0.3, -0.25) is 0 Å². The number of rotatable bonds is 5. The van der Waals surface area contributed by atoms with Crippen LogP contribution in [0.2, 0.25) is 0 Å². The molecular weight excluding hydrogens is 723 g/mol. The van der Waals surface area contributed by atoms with E-state index in [1.54, 1.807) is 0 Å². The van der Waals surface area contributed by atoms with Crippen LogP contribution in [0, 0.1) is 0 Å². The number of anilines is 3. The second-order valence-electron chi connectivity index (χ2n) is 17.9. The molecule has 0 N–H and O–H groups in total. The Morgan fingerprint density at radius 1 is 0.383 bits per heavy atom. The summed E-state index contributed by atoms with van der Waals surface area (Å²) >= 11 is 0. The van der Waals surface area contributed by atoms with Crippen LogP contribution in [0.1, 0.15) is 68.2 Å². The molecule has 0 saturated heterocycles. The Morgan fingerprint density at radius 2 is 0.983 bits per heavy atom. The maximum absolute atomic E-state index is 2.57. The predicted octanol–water partition coefficient (Wildman–Crippen LogP) is 16.3. The minimum absolute atomic E-state index is 0.0506. The maximum Gasteiger partial charge on any atom is 0.0540 e. The number of para-hydroxylation sites is 1. The molecular formula is C59H47N. The number of nitrogens with zero attached hydrogens (tertiary/aromatic N) is 1. The zero-order chi connectivity index (χ0) is 40.0. The molecule has 12 rings (SSSR count). The molecule has 0 radical (unpaired) electrons. The van der Waals surface area contributed by atoms with Gasteiger partial charge in [0, 0.05) is 27.8 Å². The molecule has 3 aliphatic rings. The number of hydrogen-bond acceptors (Lipinski definition) is 1. The van der Waals surface area contributed by atoms with Crippen LogP contribution >= 0.6 is 0 Å². The van der Waals surface area contributed by atoms with E-state index in [9.17, 15) is 0 Å². The van der Waals surface area contributed by atoms with Gasteiger partial charge in [-0.2, -0.15) is 0 Å². The van der Waals surface area contributed by atoms with Crippen LogP contribution in [0.5, 0.6) is 0 Å². The average Bonchev–Trinajstić information content (AvgIpc) is 3.70. The lowest BCUT2D eigenvalue weighted by Crippen LogP contribution is -2.28. The van der Waals surface area contributed by atoms with E-state index < -0.39 is 0 Å². The first-order valence-corrected chi connectivity index (χ1v) is 21.9. The lowest BCUT2D eigenvalue weighted by molar-refractivity contribution is 0.353. The van der Waals surface area contributed by atoms with E-state index in [1.807, 2.05) is 0 Å². The van der Waals surface area contributed by atoms with Gasteiger partial charge >= 0.3 is 0 Å². The van der Waals surface area contributed by atoms with E-state index in [0.717, 1.165) is 5.69 Å². The molecule has 1 nitrogen and oxygen atoms in total. The average molecular weight is 770 g/mol. The van der Waals surface area contributed by atoms with Gasteiger partial charge in [0.15, 0.2) is 0 Å². The standard InChI is InChI=1S/C59H47N/c1-58(2)53-28-9-6-22-48(53)51-26-16-27-52(57(51)58)50-23-8-11-30-56(50)60(42-32-34-49-47-21-7-10-29-54(47)59(55(49)38-42)35-12-3-13-36-59)41-19-14-18-40(37-41)44-24-15-25-45-43-20-5-4-17-39(43)31-33-46(44)45/h4-11,14-34,37-38H,3,12-13,35-36H2,1-2H3. The van der Waals surface area contributed by atoms with E-state index in [1.165, 1.54) is 132 Å². The van der Waals surface area contributed by atoms with Crippen molar-refractivity contribution >= 4 is 38.6 Å². The first kappa shape index (κ1) is 35.3. The molecule has 1 saturated carbocycles. The summed E-state index contributed by atoms with van der Waals surface area (Å²) in [5.41, 5.74) is 19.8. The summed E-state index contributed by atoms with van der Waals surface area (Å²) in [6, 6.07) is 71.1. The lowest BCUT2D eigenvalue weighted by Gasteiger charge is -2.37. The van der Waals surface area contributed by atoms with Crippen molar-refractivity contribution in [2.45, 2.75) is 56.8 Å². The smallest absolute Gasteiger partial charge is 0.0540 e. The third-order valence-corrected chi connectivity index (χ3v) is 14.4. The van der Waals surface area contributed by atoms with Gasteiger partial charge < -0.3 is 4.90 Å². The fraction of sp³-hybridized carbons (Fsp3) is 0.153. The zero-order valence-corrected chi connectivity index (χ0v) is 34.4. The number of hydrogen-bond donors (Lipinski definition) is 0. The molecule has 1 heteroatoms. The zero-order valence-electron chi connectivity index (χ0n) is 34.4. The monoisotopic (exact) mass is 769 g/mol. The fourth-order valence-electron chi connectivity index (χ4n) is 11.8. The third kappa shape index (κ3) is 5.11. The second kappa shape index (κ2) is 13.4. The Balaban J connectivity index is 1.09. The number of benzene rings is 9. The number of fused-ring (bicyclic) bond motifs is 11. The summed E-state index contributed by atoms with van der Waals surface area (Å²) in [5, 5.41) is 5.12. The molecule has 0 aromatic heterocycles. The molecule has 0 unspecified atom stereocenters. The molecule has 288 valence electrons. The van der Waals surface area contributed by atoms with E-state index in [-0.39, 0.29) is 10.8 Å². The van der Waals surface area contributed by atoms with Crippen LogP contribution in [0.4, 0.5) is 17.1 Å². The van der Waals surface area contributed by atoms with Gasteiger partial charge in [0.2, 0.25) is 0 Å². The summed E-state index contributed by atoms with van der Waals surface area (Å²) in [6.45, 7) is 4.81. The molecule has 60 heavy (non-hydrogen) atoms. The Labute approximate surface area is 353 Å². The molecule has 0 heterocycles. The van der Waals surface area contributed by atoms with Crippen molar-refractivity contribution in [3.63, 3.8) is 0 Å². The van der Waals surface area contributed by atoms with E-state index in [0.29, 0.717) is 0 Å². The van der Waals surface area contributed by atoms with E-state index in [4.69, 9.17) is 0 Å². The van der Waals surface area contributed by atoms with Crippen LogP contribution in [0.15, 0.2) is 188 Å². The molecule has 9 aromatic carbocycles. The Morgan fingerprint density at radius 3 is 1.83 bits per heavy atom. The summed E-state index contributed by atoms with van der Waals surface area (Å²) in [6.07, 6.45) is 6.26. The van der Waals surface area contributed by atoms with Gasteiger partial charge in [-0.1, -0.05) is 191 Å². The van der Waals surface area contributed by atoms with Crippen molar-refractivity contribution in [3.8, 4) is 44.5 Å². The quantitative estimate of drug-likeness (QED) is 0.158. The summed E-state index contributed by atoms with van der Waals surface area (Å²) in [5.74, 6) is 0. The first-order valence-electron chi connectivity index (χ1n) is 21.9. The highest BCUT2D eigenvalue weighted by molar-refractivity contribution is 6.12. The van der Waals surface area contributed by atoms with Crippen LogP contribution in [-0.2, 0) is 10.8 Å². The van der Waals surface area contributed by atoms with E-state index >= 15 is 0 Å². The van der Waals surface area contributed by atoms with Gasteiger partial charge in [0.05, 0.1) is 5.69 Å². The first-order chi connectivity index (χ1) is 29.5. The van der Waals surface area contributed by atoms with Crippen LogP contribution in [-0.4, -0.2) is 0 Å². The Kier molecular flexibility index (Phi) is 7.88. The van der Waals surface area contributed by atoms with Crippen LogP contribution in [0.3, 0.4) is 0 Å². The van der Waals surface area contributed by atoms with Crippen LogP contribution < -0.4 is 4.90 Å². The third-order valence-electron chi connectivity index (χ3n) is 14.4. The molecule has 1 fully saturated rings. The SMILES string of the molecule is CC1(C)c2ccccc2-c2cccc(-c3ccccc3N(c3cccc(-c4cccc5c4ccc4ccccc45)c3)c3ccc4c(c3)C3(CCCCC3)c3ccccc3-4)c21. The summed E-state index contributed by atoms with van der Waals surface area (Å²) < 4.78 is 0. The molecule has 0 bridgehead atoms. The Bertz CT molecular complexity index is 3180. The van der Waals surface area contributed by atoms with Gasteiger partial charge in [0.1, 0.15) is 0 Å². The molecule has 0 atom stereocenters. The van der Waals surface area contributed by atoms with Crippen molar-refractivity contribution in [2.75, 3.05) is 4.90 Å². The highest BCUT2D eigenvalue weighted by Crippen LogP contribution is 2.58. The molecule has 0 amide bonds. The normalized spacial score (nSPS) is 15.4. The van der Waals surface area contributed by atoms with E-state index in [2.05, 4.69) is 207 Å². The van der Waals surface area contributed by atoms with Gasteiger partial charge in [-0.05, 0) is 126 Å². The van der Waals surface area contributed by atoms with Crippen molar-refractivity contribution in [1.29, 1.82) is 0 Å². The highest BCUT2D eigenvalue weighted by Gasteiger charge is 2.44. The van der Waals surface area contributed by atoms with Crippen molar-refractivity contribution in [1.82, 2.24) is 0 Å². The lowest BCUT2D eigenvalue weighted by atomic mass is 9.68. The molecule has 1 spiro atoms. The predicted molar refractivity (Wildman–Crippen MR) is 254 cm³/mol.